The summed E-state index contributed by atoms with van der Waals surface area (Å²) < 4.78 is 3.70. The second-order valence-corrected chi connectivity index (χ2v) is 4.09. The lowest BCUT2D eigenvalue weighted by Gasteiger charge is -2.00. The quantitative estimate of drug-likeness (QED) is 0.258. The van der Waals surface area contributed by atoms with Crippen LogP contribution in [-0.2, 0) is 6.54 Å². The molecule has 0 radical (unpaired) electrons. The number of halogens is 2. The molecule has 0 aliphatic rings. The number of hydrogen-bond donors (Lipinski definition) is 2. The van der Waals surface area contributed by atoms with Gasteiger partial charge in [0.15, 0.2) is 5.84 Å². The van der Waals surface area contributed by atoms with E-state index in [1.165, 1.54) is 0 Å². The average Bonchev–Trinajstić information content (AvgIpc) is 2.36. The molecule has 7 heteroatoms. The summed E-state index contributed by atoms with van der Waals surface area (Å²) >= 11 is 4.27. The average molecular weight is 392 g/mol. The minimum atomic E-state index is 0.168. The lowest BCUT2D eigenvalue weighted by molar-refractivity contribution is 0.316. The van der Waals surface area contributed by atoms with Gasteiger partial charge in [-0.05, 0) is 45.2 Å². The van der Waals surface area contributed by atoms with Crippen LogP contribution in [0.3, 0.4) is 0 Å². The molecule has 3 N–H and O–H groups in total. The SMILES string of the molecule is N/C(Cn1cnc(I)c1I)=N\O. The van der Waals surface area contributed by atoms with Crippen LogP contribution in [0.2, 0.25) is 0 Å². The van der Waals surface area contributed by atoms with Gasteiger partial charge in [-0.1, -0.05) is 5.16 Å². The molecule has 0 unspecified atom stereocenters. The standard InChI is InChI=1S/C5H6I2N4O/c6-4-5(7)11(2-9-4)1-3(8)10-12/h2,12H,1H2,(H2,8,10). The molecule has 0 aromatic carbocycles. The minimum Gasteiger partial charge on any atom is -0.409 e. The van der Waals surface area contributed by atoms with Gasteiger partial charge in [-0.15, -0.1) is 0 Å². The molecule has 1 rings (SSSR count). The molecule has 66 valence electrons. The van der Waals surface area contributed by atoms with Gasteiger partial charge in [0, 0.05) is 0 Å². The zero-order valence-electron chi connectivity index (χ0n) is 5.91. The van der Waals surface area contributed by atoms with E-state index in [0.717, 1.165) is 7.40 Å². The van der Waals surface area contributed by atoms with Crippen molar-refractivity contribution in [2.24, 2.45) is 10.9 Å². The Hall–Kier alpha value is -0.0600. The van der Waals surface area contributed by atoms with Crippen LogP contribution in [0.5, 0.6) is 0 Å². The predicted octanol–water partition coefficient (Wildman–Crippen LogP) is 0.839. The molecule has 0 atom stereocenters. The number of rotatable bonds is 2. The van der Waals surface area contributed by atoms with Crippen molar-refractivity contribution in [3.05, 3.63) is 13.7 Å². The number of aromatic nitrogens is 2. The summed E-state index contributed by atoms with van der Waals surface area (Å²) in [5, 5.41) is 11.2. The van der Waals surface area contributed by atoms with Crippen molar-refractivity contribution in [3.63, 3.8) is 0 Å². The van der Waals surface area contributed by atoms with Gasteiger partial charge in [0.25, 0.3) is 0 Å². The molecule has 0 aliphatic heterocycles. The van der Waals surface area contributed by atoms with Crippen molar-refractivity contribution < 1.29 is 5.21 Å². The third kappa shape index (κ3) is 2.21. The van der Waals surface area contributed by atoms with Crippen molar-refractivity contribution in [1.82, 2.24) is 9.55 Å². The van der Waals surface area contributed by atoms with Crippen molar-refractivity contribution >= 4 is 51.0 Å². The molecule has 0 fully saturated rings. The Balaban J connectivity index is 2.83. The molecule has 0 saturated heterocycles. The Bertz CT molecular complexity index is 308. The molecular formula is C5H6I2N4O. The highest BCUT2D eigenvalue weighted by atomic mass is 127. The monoisotopic (exact) mass is 392 g/mol. The summed E-state index contributed by atoms with van der Waals surface area (Å²) in [6.07, 6.45) is 1.65. The van der Waals surface area contributed by atoms with Gasteiger partial charge < -0.3 is 15.5 Å². The maximum atomic E-state index is 8.32. The molecule has 5 nitrogen and oxygen atoms in total. The first-order valence-electron chi connectivity index (χ1n) is 2.97. The van der Waals surface area contributed by atoms with Gasteiger partial charge >= 0.3 is 0 Å². The summed E-state index contributed by atoms with van der Waals surface area (Å²) in [6.45, 7) is 0.366. The lowest BCUT2D eigenvalue weighted by atomic mass is 10.6. The van der Waals surface area contributed by atoms with Crippen LogP contribution < -0.4 is 5.73 Å². The fourth-order valence-corrected chi connectivity index (χ4v) is 1.53. The second kappa shape index (κ2) is 4.25. The van der Waals surface area contributed by atoms with Crippen LogP contribution in [0.4, 0.5) is 0 Å². The first kappa shape index (κ1) is 10.0. The Morgan fingerprint density at radius 3 is 2.83 bits per heavy atom. The molecule has 0 bridgehead atoms. The Morgan fingerprint density at radius 1 is 1.75 bits per heavy atom. The lowest BCUT2D eigenvalue weighted by Crippen LogP contribution is -2.19. The van der Waals surface area contributed by atoms with Gasteiger partial charge in [-0.3, -0.25) is 0 Å². The van der Waals surface area contributed by atoms with Crippen LogP contribution in [-0.4, -0.2) is 20.6 Å². The number of imidazole rings is 1. The van der Waals surface area contributed by atoms with Gasteiger partial charge in [0.2, 0.25) is 0 Å². The van der Waals surface area contributed by atoms with Crippen molar-refractivity contribution in [3.8, 4) is 0 Å². The summed E-state index contributed by atoms with van der Waals surface area (Å²) in [5.41, 5.74) is 5.33. The molecular weight excluding hydrogens is 386 g/mol. The van der Waals surface area contributed by atoms with E-state index in [1.807, 2.05) is 0 Å². The maximum Gasteiger partial charge on any atom is 0.159 e. The highest BCUT2D eigenvalue weighted by molar-refractivity contribution is 14.1. The highest BCUT2D eigenvalue weighted by Crippen LogP contribution is 2.12. The van der Waals surface area contributed by atoms with E-state index in [-0.39, 0.29) is 5.84 Å². The molecule has 0 aliphatic carbocycles. The number of nitrogens with zero attached hydrogens (tertiary/aromatic N) is 3. The molecule has 1 aromatic heterocycles. The number of nitrogens with two attached hydrogens (primary N) is 1. The molecule has 0 spiro atoms. The van der Waals surface area contributed by atoms with Crippen LogP contribution in [0, 0.1) is 7.40 Å². The van der Waals surface area contributed by atoms with Crippen LogP contribution in [0.1, 0.15) is 0 Å². The van der Waals surface area contributed by atoms with E-state index < -0.39 is 0 Å². The smallest absolute Gasteiger partial charge is 0.159 e. The molecule has 0 saturated carbocycles. The Labute approximate surface area is 96.3 Å². The van der Waals surface area contributed by atoms with Crippen molar-refractivity contribution in [2.75, 3.05) is 0 Å². The minimum absolute atomic E-state index is 0.168. The van der Waals surface area contributed by atoms with Gasteiger partial charge in [-0.25, -0.2) is 4.98 Å². The topological polar surface area (TPSA) is 76.4 Å². The molecule has 12 heavy (non-hydrogen) atoms. The summed E-state index contributed by atoms with van der Waals surface area (Å²) in [5.74, 6) is 0.168. The van der Waals surface area contributed by atoms with Crippen molar-refractivity contribution in [2.45, 2.75) is 6.54 Å². The van der Waals surface area contributed by atoms with Crippen LogP contribution in [0.15, 0.2) is 11.5 Å². The number of hydrogen-bond acceptors (Lipinski definition) is 3. The third-order valence-corrected chi connectivity index (χ3v) is 4.15. The zero-order chi connectivity index (χ0) is 9.14. The maximum absolute atomic E-state index is 8.32. The normalized spacial score (nSPS) is 12.0. The second-order valence-electron chi connectivity index (χ2n) is 2.05. The summed E-state index contributed by atoms with van der Waals surface area (Å²) in [4.78, 5) is 4.05. The third-order valence-electron chi connectivity index (χ3n) is 1.19. The van der Waals surface area contributed by atoms with Crippen LogP contribution in [0.25, 0.3) is 0 Å². The fourth-order valence-electron chi connectivity index (χ4n) is 0.659. The van der Waals surface area contributed by atoms with E-state index >= 15 is 0 Å². The van der Waals surface area contributed by atoms with Gasteiger partial charge in [0.1, 0.15) is 7.40 Å². The van der Waals surface area contributed by atoms with Gasteiger partial charge in [0.05, 0.1) is 12.9 Å². The first-order chi connectivity index (χ1) is 5.65. The fraction of sp³-hybridized carbons (Fsp3) is 0.200. The zero-order valence-corrected chi connectivity index (χ0v) is 10.2. The van der Waals surface area contributed by atoms with E-state index in [2.05, 4.69) is 55.3 Å². The first-order valence-corrected chi connectivity index (χ1v) is 5.13. The Morgan fingerprint density at radius 2 is 2.42 bits per heavy atom. The van der Waals surface area contributed by atoms with E-state index in [0.29, 0.717) is 6.54 Å². The number of oxime groups is 1. The summed E-state index contributed by atoms with van der Waals surface area (Å²) in [6, 6.07) is 0. The molecule has 0 amide bonds. The van der Waals surface area contributed by atoms with E-state index in [1.54, 1.807) is 10.9 Å². The highest BCUT2D eigenvalue weighted by Gasteiger charge is 2.05. The Kier molecular flexibility index (Phi) is 3.55. The van der Waals surface area contributed by atoms with Crippen molar-refractivity contribution in [1.29, 1.82) is 0 Å². The summed E-state index contributed by atoms with van der Waals surface area (Å²) in [7, 11) is 0. The predicted molar refractivity (Wildman–Crippen MR) is 61.1 cm³/mol. The van der Waals surface area contributed by atoms with E-state index in [9.17, 15) is 0 Å². The van der Waals surface area contributed by atoms with Gasteiger partial charge in [-0.2, -0.15) is 0 Å². The van der Waals surface area contributed by atoms with Crippen LogP contribution >= 0.6 is 45.2 Å². The molecule has 1 aromatic rings. The molecule has 1 heterocycles. The largest absolute Gasteiger partial charge is 0.409 e. The van der Waals surface area contributed by atoms with E-state index in [4.69, 9.17) is 10.9 Å². The number of amidine groups is 1.